The minimum absolute atomic E-state index is 0.120. The molecule has 0 saturated carbocycles. The number of fused-ring (bicyclic) bond motifs is 1. The van der Waals surface area contributed by atoms with E-state index in [1.54, 1.807) is 12.1 Å². The van der Waals surface area contributed by atoms with Gasteiger partial charge in [-0.05, 0) is 36.3 Å². The lowest BCUT2D eigenvalue weighted by atomic mass is 10.1. The molecule has 1 aliphatic heterocycles. The summed E-state index contributed by atoms with van der Waals surface area (Å²) in [5.74, 6) is 0.824. The van der Waals surface area contributed by atoms with Gasteiger partial charge in [-0.3, -0.25) is 19.9 Å². The molecule has 8 heteroatoms. The van der Waals surface area contributed by atoms with Crippen LogP contribution in [-0.2, 0) is 6.42 Å². The standard InChI is InChI=1S/C15H13N3O5/c1-8-6-10-7-9(3-5-12(10)23-8)2-4-11-13(18(21)22)14(19)17-15(20)16-11/h2-5,7-8H,6H2,1H3,(H2,16,17,19,20). The van der Waals surface area contributed by atoms with Crippen LogP contribution >= 0.6 is 0 Å². The molecule has 1 atom stereocenters. The molecule has 0 fully saturated rings. The van der Waals surface area contributed by atoms with Crippen molar-refractivity contribution in [3.05, 3.63) is 66.0 Å². The first kappa shape index (κ1) is 14.8. The fraction of sp³-hybridized carbons (Fsp3) is 0.200. The molecular weight excluding hydrogens is 302 g/mol. The number of aromatic nitrogens is 2. The average molecular weight is 315 g/mol. The molecule has 0 aliphatic carbocycles. The summed E-state index contributed by atoms with van der Waals surface area (Å²) >= 11 is 0. The summed E-state index contributed by atoms with van der Waals surface area (Å²) in [6.45, 7) is 1.97. The molecule has 2 aromatic rings. The topological polar surface area (TPSA) is 118 Å². The molecule has 0 bridgehead atoms. The molecule has 1 aliphatic rings. The maximum Gasteiger partial charge on any atom is 0.357 e. The summed E-state index contributed by atoms with van der Waals surface area (Å²) in [5, 5.41) is 11.0. The number of hydrogen-bond acceptors (Lipinski definition) is 5. The van der Waals surface area contributed by atoms with E-state index in [9.17, 15) is 19.7 Å². The molecular formula is C15H13N3O5. The van der Waals surface area contributed by atoms with Gasteiger partial charge in [-0.15, -0.1) is 0 Å². The van der Waals surface area contributed by atoms with E-state index in [1.807, 2.05) is 24.0 Å². The second kappa shape index (κ2) is 5.56. The van der Waals surface area contributed by atoms with Crippen molar-refractivity contribution in [3.63, 3.8) is 0 Å². The van der Waals surface area contributed by atoms with Gasteiger partial charge in [0.05, 0.1) is 4.92 Å². The highest BCUT2D eigenvalue weighted by Gasteiger charge is 2.20. The Kier molecular flexibility index (Phi) is 3.57. The van der Waals surface area contributed by atoms with Crippen LogP contribution in [0.1, 0.15) is 23.7 Å². The number of ether oxygens (including phenoxy) is 1. The maximum atomic E-state index is 11.5. The second-order valence-electron chi connectivity index (χ2n) is 5.26. The number of nitrogens with zero attached hydrogens (tertiary/aromatic N) is 1. The van der Waals surface area contributed by atoms with Crippen LogP contribution in [0.2, 0.25) is 0 Å². The monoisotopic (exact) mass is 315 g/mol. The number of nitro groups is 1. The van der Waals surface area contributed by atoms with Crippen LogP contribution in [0.15, 0.2) is 27.8 Å². The van der Waals surface area contributed by atoms with Crippen LogP contribution in [0.25, 0.3) is 12.2 Å². The van der Waals surface area contributed by atoms with E-state index in [0.29, 0.717) is 0 Å². The first-order chi connectivity index (χ1) is 10.9. The van der Waals surface area contributed by atoms with Crippen molar-refractivity contribution in [2.24, 2.45) is 0 Å². The van der Waals surface area contributed by atoms with Gasteiger partial charge in [-0.25, -0.2) is 4.79 Å². The minimum Gasteiger partial charge on any atom is -0.490 e. The van der Waals surface area contributed by atoms with Gasteiger partial charge < -0.3 is 9.72 Å². The predicted octanol–water partition coefficient (Wildman–Crippen LogP) is 1.47. The van der Waals surface area contributed by atoms with E-state index in [4.69, 9.17) is 4.74 Å². The molecule has 0 amide bonds. The van der Waals surface area contributed by atoms with Gasteiger partial charge in [0.2, 0.25) is 0 Å². The highest BCUT2D eigenvalue weighted by atomic mass is 16.6. The van der Waals surface area contributed by atoms with Crippen molar-refractivity contribution in [3.8, 4) is 5.75 Å². The smallest absolute Gasteiger partial charge is 0.357 e. The summed E-state index contributed by atoms with van der Waals surface area (Å²) < 4.78 is 5.60. The van der Waals surface area contributed by atoms with Crippen molar-refractivity contribution in [2.75, 3.05) is 0 Å². The summed E-state index contributed by atoms with van der Waals surface area (Å²) in [6.07, 6.45) is 3.85. The van der Waals surface area contributed by atoms with Gasteiger partial charge in [-0.1, -0.05) is 12.1 Å². The SMILES string of the molecule is CC1Cc2cc(C=Cc3[nH]c(=O)[nH]c(=O)c3[N+](=O)[O-])ccc2O1. The molecule has 118 valence electrons. The summed E-state index contributed by atoms with van der Waals surface area (Å²) in [7, 11) is 0. The quantitative estimate of drug-likeness (QED) is 0.656. The van der Waals surface area contributed by atoms with E-state index in [-0.39, 0.29) is 11.8 Å². The fourth-order valence-corrected chi connectivity index (χ4v) is 2.52. The zero-order valence-electron chi connectivity index (χ0n) is 12.2. The number of benzene rings is 1. The zero-order valence-corrected chi connectivity index (χ0v) is 12.2. The molecule has 2 heterocycles. The lowest BCUT2D eigenvalue weighted by molar-refractivity contribution is -0.386. The molecule has 2 N–H and O–H groups in total. The molecule has 23 heavy (non-hydrogen) atoms. The van der Waals surface area contributed by atoms with E-state index in [0.717, 1.165) is 23.3 Å². The summed E-state index contributed by atoms with van der Waals surface area (Å²) in [4.78, 5) is 37.1. The lowest BCUT2D eigenvalue weighted by Crippen LogP contribution is -2.25. The fourth-order valence-electron chi connectivity index (χ4n) is 2.52. The lowest BCUT2D eigenvalue weighted by Gasteiger charge is -2.02. The second-order valence-corrected chi connectivity index (χ2v) is 5.26. The van der Waals surface area contributed by atoms with Crippen LogP contribution < -0.4 is 16.0 Å². The molecule has 1 unspecified atom stereocenters. The van der Waals surface area contributed by atoms with Crippen LogP contribution in [-0.4, -0.2) is 21.0 Å². The van der Waals surface area contributed by atoms with Gasteiger partial charge in [0.15, 0.2) is 0 Å². The van der Waals surface area contributed by atoms with Gasteiger partial charge in [-0.2, -0.15) is 0 Å². The largest absolute Gasteiger partial charge is 0.490 e. The Bertz CT molecular complexity index is 925. The van der Waals surface area contributed by atoms with Crippen molar-refractivity contribution in [1.29, 1.82) is 0 Å². The van der Waals surface area contributed by atoms with E-state index >= 15 is 0 Å². The number of H-pyrrole nitrogens is 2. The Morgan fingerprint density at radius 1 is 1.30 bits per heavy atom. The molecule has 8 nitrogen and oxygen atoms in total. The third kappa shape index (κ3) is 2.91. The van der Waals surface area contributed by atoms with Crippen molar-refractivity contribution in [1.82, 2.24) is 9.97 Å². The Morgan fingerprint density at radius 3 is 2.83 bits per heavy atom. The van der Waals surface area contributed by atoms with Crippen molar-refractivity contribution >= 4 is 17.8 Å². The molecule has 0 saturated heterocycles. The third-order valence-electron chi connectivity index (χ3n) is 3.49. The van der Waals surface area contributed by atoms with E-state index in [1.165, 1.54) is 6.08 Å². The number of hydrogen-bond donors (Lipinski definition) is 2. The Morgan fingerprint density at radius 2 is 2.09 bits per heavy atom. The first-order valence-corrected chi connectivity index (χ1v) is 6.92. The van der Waals surface area contributed by atoms with Crippen molar-refractivity contribution in [2.45, 2.75) is 19.4 Å². The molecule has 1 aromatic carbocycles. The molecule has 1 aromatic heterocycles. The molecule has 0 radical (unpaired) electrons. The van der Waals surface area contributed by atoms with Crippen LogP contribution in [0.4, 0.5) is 5.69 Å². The van der Waals surface area contributed by atoms with E-state index in [2.05, 4.69) is 4.98 Å². The van der Waals surface area contributed by atoms with E-state index < -0.39 is 21.9 Å². The third-order valence-corrected chi connectivity index (χ3v) is 3.49. The highest BCUT2D eigenvalue weighted by Crippen LogP contribution is 2.29. The summed E-state index contributed by atoms with van der Waals surface area (Å²) in [5.41, 5.74) is -0.829. The molecule has 3 rings (SSSR count). The van der Waals surface area contributed by atoms with Gasteiger partial charge in [0, 0.05) is 6.42 Å². The predicted molar refractivity (Wildman–Crippen MR) is 83.5 cm³/mol. The Balaban J connectivity index is 1.98. The zero-order chi connectivity index (χ0) is 16.6. The van der Waals surface area contributed by atoms with Crippen LogP contribution in [0.3, 0.4) is 0 Å². The normalized spacial score (nSPS) is 16.3. The molecule has 0 spiro atoms. The van der Waals surface area contributed by atoms with Crippen molar-refractivity contribution < 1.29 is 9.66 Å². The Hall–Kier alpha value is -3.16. The number of nitrogens with one attached hydrogen (secondary N) is 2. The number of aromatic amines is 2. The Labute approximate surface area is 129 Å². The van der Waals surface area contributed by atoms with Gasteiger partial charge in [0.1, 0.15) is 17.5 Å². The number of rotatable bonds is 3. The summed E-state index contributed by atoms with van der Waals surface area (Å²) in [6, 6.07) is 5.53. The highest BCUT2D eigenvalue weighted by molar-refractivity contribution is 5.72. The minimum atomic E-state index is -1.03. The maximum absolute atomic E-state index is 11.5. The van der Waals surface area contributed by atoms with Gasteiger partial charge >= 0.3 is 16.9 Å². The van der Waals surface area contributed by atoms with Crippen LogP contribution in [0, 0.1) is 10.1 Å². The van der Waals surface area contributed by atoms with Gasteiger partial charge in [0.25, 0.3) is 0 Å². The first-order valence-electron chi connectivity index (χ1n) is 6.92. The average Bonchev–Trinajstić information content (AvgIpc) is 2.83. The van der Waals surface area contributed by atoms with Crippen LogP contribution in [0.5, 0.6) is 5.75 Å².